The number of hydrogen-bond acceptors (Lipinski definition) is 4. The highest BCUT2D eigenvalue weighted by molar-refractivity contribution is 7.80. The Labute approximate surface area is 163 Å². The molecule has 2 N–H and O–H groups in total. The Balaban J connectivity index is 1.72. The molecule has 0 unspecified atom stereocenters. The number of thiocarbonyl (C=S) groups is 1. The average Bonchev–Trinajstić information content (AvgIpc) is 3.28. The van der Waals surface area contributed by atoms with Crippen LogP contribution in [-0.2, 0) is 6.54 Å². The summed E-state index contributed by atoms with van der Waals surface area (Å²) in [5.41, 5.74) is 3.03. The normalized spacial score (nSPS) is 19.3. The highest BCUT2D eigenvalue weighted by atomic mass is 32.1. The van der Waals surface area contributed by atoms with Crippen LogP contribution in [0.2, 0.25) is 0 Å². The number of nitrogens with zero attached hydrogens (tertiary/aromatic N) is 4. The van der Waals surface area contributed by atoms with Gasteiger partial charge < -0.3 is 19.9 Å². The second kappa shape index (κ2) is 7.85. The van der Waals surface area contributed by atoms with Gasteiger partial charge in [0.05, 0.1) is 36.6 Å². The van der Waals surface area contributed by atoms with Crippen LogP contribution >= 0.6 is 12.2 Å². The Bertz CT molecular complexity index is 899. The van der Waals surface area contributed by atoms with Gasteiger partial charge in [-0.15, -0.1) is 0 Å². The summed E-state index contributed by atoms with van der Waals surface area (Å²) in [4.78, 5) is 11.0. The Morgan fingerprint density at radius 2 is 1.85 bits per heavy atom. The molecule has 0 spiro atoms. The van der Waals surface area contributed by atoms with E-state index >= 15 is 0 Å². The molecule has 4 rings (SSSR count). The first-order valence-corrected chi connectivity index (χ1v) is 9.32. The zero-order valence-electron chi connectivity index (χ0n) is 14.8. The van der Waals surface area contributed by atoms with Gasteiger partial charge in [-0.3, -0.25) is 9.97 Å². The van der Waals surface area contributed by atoms with Gasteiger partial charge in [-0.1, -0.05) is 12.1 Å². The molecule has 7 heteroatoms. The second-order valence-electron chi connectivity index (χ2n) is 6.43. The number of hydrogen-bond donors (Lipinski definition) is 2. The van der Waals surface area contributed by atoms with E-state index in [-0.39, 0.29) is 18.7 Å². The summed E-state index contributed by atoms with van der Waals surface area (Å²) < 4.78 is 2.18. The van der Waals surface area contributed by atoms with Crippen LogP contribution in [0.4, 0.5) is 0 Å². The van der Waals surface area contributed by atoms with Crippen molar-refractivity contribution >= 4 is 17.3 Å². The van der Waals surface area contributed by atoms with E-state index in [4.69, 9.17) is 12.2 Å². The molecule has 4 heterocycles. The lowest BCUT2D eigenvalue weighted by Crippen LogP contribution is -2.33. The van der Waals surface area contributed by atoms with Gasteiger partial charge in [0.25, 0.3) is 0 Å². The van der Waals surface area contributed by atoms with Gasteiger partial charge in [-0.05, 0) is 48.6 Å². The first kappa shape index (κ1) is 17.6. The van der Waals surface area contributed by atoms with E-state index in [9.17, 15) is 5.11 Å². The third-order valence-corrected chi connectivity index (χ3v) is 5.12. The van der Waals surface area contributed by atoms with E-state index in [1.807, 2.05) is 47.4 Å². The molecule has 0 amide bonds. The molecule has 1 saturated heterocycles. The molecule has 2 atom stereocenters. The standard InChI is InChI=1S/C20H21N5OS/c26-13-12-25-19(18(23-20(25)27)16-7-2-4-10-22-16)17-8-5-11-24(17)14-15-6-1-3-9-21-15/h1-11,18-19,26H,12-14H2,(H,23,27)/t18-,19-/m0/s1. The molecule has 0 saturated carbocycles. The summed E-state index contributed by atoms with van der Waals surface area (Å²) in [6, 6.07) is 15.8. The third-order valence-electron chi connectivity index (χ3n) is 4.76. The van der Waals surface area contributed by atoms with Crippen LogP contribution in [0.5, 0.6) is 0 Å². The lowest BCUT2D eigenvalue weighted by atomic mass is 10.0. The molecule has 138 valence electrons. The summed E-state index contributed by atoms with van der Waals surface area (Å²) in [6.07, 6.45) is 5.65. The molecule has 0 bridgehead atoms. The maximum atomic E-state index is 9.56. The van der Waals surface area contributed by atoms with Crippen molar-refractivity contribution in [1.29, 1.82) is 0 Å². The van der Waals surface area contributed by atoms with E-state index in [1.165, 1.54) is 0 Å². The van der Waals surface area contributed by atoms with Crippen molar-refractivity contribution in [1.82, 2.24) is 24.8 Å². The molecule has 0 aliphatic carbocycles. The van der Waals surface area contributed by atoms with E-state index in [2.05, 4.69) is 32.1 Å². The number of aromatic nitrogens is 3. The van der Waals surface area contributed by atoms with E-state index < -0.39 is 0 Å². The van der Waals surface area contributed by atoms with Gasteiger partial charge in [-0.2, -0.15) is 0 Å². The molecule has 0 aromatic carbocycles. The highest BCUT2D eigenvalue weighted by Crippen LogP contribution is 2.38. The number of aliphatic hydroxyl groups is 1. The van der Waals surface area contributed by atoms with E-state index in [0.717, 1.165) is 17.1 Å². The van der Waals surface area contributed by atoms with E-state index in [0.29, 0.717) is 18.2 Å². The number of rotatable bonds is 6. The fourth-order valence-electron chi connectivity index (χ4n) is 3.58. The Kier molecular flexibility index (Phi) is 5.13. The topological polar surface area (TPSA) is 66.2 Å². The second-order valence-corrected chi connectivity index (χ2v) is 6.81. The first-order chi connectivity index (χ1) is 13.3. The Hall–Kier alpha value is -2.77. The predicted molar refractivity (Wildman–Crippen MR) is 107 cm³/mol. The van der Waals surface area contributed by atoms with Gasteiger partial charge in [0, 0.05) is 30.8 Å². The van der Waals surface area contributed by atoms with Crippen LogP contribution in [0.15, 0.2) is 67.1 Å². The van der Waals surface area contributed by atoms with Gasteiger partial charge >= 0.3 is 0 Å². The molecule has 3 aromatic rings. The van der Waals surface area contributed by atoms with Crippen molar-refractivity contribution in [3.8, 4) is 0 Å². The fraction of sp³-hybridized carbons (Fsp3) is 0.250. The van der Waals surface area contributed by atoms with Crippen molar-refractivity contribution < 1.29 is 5.11 Å². The average molecular weight is 379 g/mol. The van der Waals surface area contributed by atoms with Crippen LogP contribution in [-0.4, -0.2) is 42.8 Å². The minimum atomic E-state index is -0.0809. The largest absolute Gasteiger partial charge is 0.395 e. The third kappa shape index (κ3) is 3.56. The van der Waals surface area contributed by atoms with Crippen molar-refractivity contribution in [3.05, 3.63) is 84.2 Å². The van der Waals surface area contributed by atoms with Gasteiger partial charge in [0.1, 0.15) is 0 Å². The summed E-state index contributed by atoms with van der Waals surface area (Å²) in [5.74, 6) is 0. The summed E-state index contributed by atoms with van der Waals surface area (Å²) in [5, 5.41) is 13.6. The summed E-state index contributed by atoms with van der Waals surface area (Å²) in [6.45, 7) is 1.18. The van der Waals surface area contributed by atoms with Crippen molar-refractivity contribution in [2.45, 2.75) is 18.6 Å². The molecule has 1 aliphatic heterocycles. The maximum Gasteiger partial charge on any atom is 0.170 e. The highest BCUT2D eigenvalue weighted by Gasteiger charge is 2.40. The number of nitrogens with one attached hydrogen (secondary N) is 1. The van der Waals surface area contributed by atoms with Crippen LogP contribution in [0.3, 0.4) is 0 Å². The van der Waals surface area contributed by atoms with Crippen LogP contribution in [0.1, 0.15) is 29.2 Å². The Morgan fingerprint density at radius 3 is 2.56 bits per heavy atom. The SMILES string of the molecule is OCCN1C(=S)N[C@@H](c2ccccn2)[C@@H]1c1cccn1Cc1ccccn1. The minimum absolute atomic E-state index is 0.0359. The number of aliphatic hydroxyl groups excluding tert-OH is 1. The van der Waals surface area contributed by atoms with Gasteiger partial charge in [-0.25, -0.2) is 0 Å². The van der Waals surface area contributed by atoms with Crippen molar-refractivity contribution in [2.24, 2.45) is 0 Å². The summed E-state index contributed by atoms with van der Waals surface area (Å²) in [7, 11) is 0. The number of pyridine rings is 2. The lowest BCUT2D eigenvalue weighted by Gasteiger charge is -2.28. The van der Waals surface area contributed by atoms with Crippen LogP contribution in [0, 0.1) is 0 Å². The zero-order chi connectivity index (χ0) is 18.6. The van der Waals surface area contributed by atoms with Gasteiger partial charge in [0.2, 0.25) is 0 Å². The molecule has 0 radical (unpaired) electrons. The monoisotopic (exact) mass is 379 g/mol. The van der Waals surface area contributed by atoms with Crippen LogP contribution < -0.4 is 5.32 Å². The molecule has 1 aliphatic rings. The Morgan fingerprint density at radius 1 is 1.04 bits per heavy atom. The predicted octanol–water partition coefficient (Wildman–Crippen LogP) is 2.29. The molecular formula is C20H21N5OS. The quantitative estimate of drug-likeness (QED) is 0.641. The van der Waals surface area contributed by atoms with Gasteiger partial charge in [0.15, 0.2) is 5.11 Å². The van der Waals surface area contributed by atoms with Crippen molar-refractivity contribution in [3.63, 3.8) is 0 Å². The first-order valence-electron chi connectivity index (χ1n) is 8.92. The van der Waals surface area contributed by atoms with E-state index in [1.54, 1.807) is 12.4 Å². The molecular weight excluding hydrogens is 358 g/mol. The zero-order valence-corrected chi connectivity index (χ0v) is 15.6. The molecule has 6 nitrogen and oxygen atoms in total. The molecule has 27 heavy (non-hydrogen) atoms. The van der Waals surface area contributed by atoms with Crippen molar-refractivity contribution in [2.75, 3.05) is 13.2 Å². The minimum Gasteiger partial charge on any atom is -0.395 e. The molecule has 1 fully saturated rings. The smallest absolute Gasteiger partial charge is 0.170 e. The summed E-state index contributed by atoms with van der Waals surface area (Å²) >= 11 is 5.56. The fourth-order valence-corrected chi connectivity index (χ4v) is 3.91. The van der Waals surface area contributed by atoms with Crippen LogP contribution in [0.25, 0.3) is 0 Å². The lowest BCUT2D eigenvalue weighted by molar-refractivity contribution is 0.219. The number of β-amino-alcohol motifs (C(OH)–C–C–N with tert-alkyl or cyclic N) is 1. The molecule has 3 aromatic heterocycles. The maximum absolute atomic E-state index is 9.56.